The number of halogens is 1. The van der Waals surface area contributed by atoms with Crippen molar-refractivity contribution in [3.63, 3.8) is 0 Å². The van der Waals surface area contributed by atoms with Crippen LogP contribution in [0.2, 0.25) is 5.02 Å². The molecule has 1 atom stereocenters. The van der Waals surface area contributed by atoms with Gasteiger partial charge in [-0.1, -0.05) is 11.6 Å². The maximum Gasteiger partial charge on any atom is 0.150 e. The number of aliphatic hydroxyl groups is 1. The molecule has 1 aromatic rings. The van der Waals surface area contributed by atoms with Crippen molar-refractivity contribution in [3.05, 3.63) is 17.5 Å². The molecule has 0 aliphatic rings. The summed E-state index contributed by atoms with van der Waals surface area (Å²) in [4.78, 5) is 9.61. The molecule has 0 saturated heterocycles. The van der Waals surface area contributed by atoms with Crippen LogP contribution in [0, 0.1) is 0 Å². The molecule has 0 aliphatic carbocycles. The second kappa shape index (κ2) is 4.39. The minimum atomic E-state index is -0.00704. The molecule has 0 aromatic carbocycles. The molecule has 1 heterocycles. The lowest BCUT2D eigenvalue weighted by Crippen LogP contribution is -2.32. The highest BCUT2D eigenvalue weighted by Crippen LogP contribution is 2.21. The number of nitrogens with zero attached hydrogens (tertiary/aromatic N) is 3. The summed E-state index contributed by atoms with van der Waals surface area (Å²) in [7, 11) is 1.83. The molecule has 0 amide bonds. The van der Waals surface area contributed by atoms with Gasteiger partial charge in [-0.3, -0.25) is 0 Å². The molecule has 1 rings (SSSR count). The van der Waals surface area contributed by atoms with Crippen molar-refractivity contribution in [2.45, 2.75) is 13.0 Å². The first-order chi connectivity index (χ1) is 6.16. The van der Waals surface area contributed by atoms with E-state index in [9.17, 15) is 0 Å². The number of anilines is 1. The van der Waals surface area contributed by atoms with Gasteiger partial charge in [-0.05, 0) is 6.92 Å². The number of rotatable bonds is 3. The summed E-state index contributed by atoms with van der Waals surface area (Å²) in [6.45, 7) is 1.95. The van der Waals surface area contributed by atoms with Crippen LogP contribution in [0.3, 0.4) is 0 Å². The Kier molecular flexibility index (Phi) is 3.45. The van der Waals surface area contributed by atoms with Gasteiger partial charge in [-0.25, -0.2) is 9.97 Å². The Morgan fingerprint density at radius 3 is 2.92 bits per heavy atom. The topological polar surface area (TPSA) is 49.2 Å². The smallest absolute Gasteiger partial charge is 0.150 e. The third-order valence-electron chi connectivity index (χ3n) is 1.91. The van der Waals surface area contributed by atoms with Crippen molar-refractivity contribution in [1.29, 1.82) is 0 Å². The molecule has 0 spiro atoms. The predicted molar refractivity (Wildman–Crippen MR) is 52.0 cm³/mol. The zero-order valence-corrected chi connectivity index (χ0v) is 8.36. The third kappa shape index (κ3) is 2.29. The van der Waals surface area contributed by atoms with Gasteiger partial charge in [0.05, 0.1) is 18.8 Å². The third-order valence-corrected chi connectivity index (χ3v) is 2.17. The van der Waals surface area contributed by atoms with Gasteiger partial charge < -0.3 is 10.0 Å². The van der Waals surface area contributed by atoms with Gasteiger partial charge in [-0.2, -0.15) is 0 Å². The fourth-order valence-corrected chi connectivity index (χ4v) is 1.14. The van der Waals surface area contributed by atoms with E-state index >= 15 is 0 Å². The first kappa shape index (κ1) is 10.2. The molecule has 0 radical (unpaired) electrons. The molecule has 5 heteroatoms. The fraction of sp³-hybridized carbons (Fsp3) is 0.500. The summed E-state index contributed by atoms with van der Waals surface area (Å²) < 4.78 is 0. The van der Waals surface area contributed by atoms with Gasteiger partial charge in [0, 0.05) is 7.05 Å². The lowest BCUT2D eigenvalue weighted by Gasteiger charge is -2.24. The van der Waals surface area contributed by atoms with E-state index < -0.39 is 0 Å². The van der Waals surface area contributed by atoms with Gasteiger partial charge in [0.1, 0.15) is 11.3 Å². The summed E-state index contributed by atoms with van der Waals surface area (Å²) in [5, 5.41) is 9.42. The van der Waals surface area contributed by atoms with E-state index in [1.165, 1.54) is 12.5 Å². The van der Waals surface area contributed by atoms with E-state index in [0.29, 0.717) is 10.8 Å². The quantitative estimate of drug-likeness (QED) is 0.791. The van der Waals surface area contributed by atoms with Gasteiger partial charge in [0.15, 0.2) is 5.82 Å². The van der Waals surface area contributed by atoms with Crippen molar-refractivity contribution in [1.82, 2.24) is 9.97 Å². The van der Waals surface area contributed by atoms with Crippen LogP contribution in [-0.4, -0.2) is 34.8 Å². The van der Waals surface area contributed by atoms with E-state index in [-0.39, 0.29) is 12.6 Å². The van der Waals surface area contributed by atoms with E-state index in [4.69, 9.17) is 16.7 Å². The predicted octanol–water partition coefficient (Wildman–Crippen LogP) is 0.947. The Balaban J connectivity index is 2.88. The van der Waals surface area contributed by atoms with E-state index in [1.807, 2.05) is 18.9 Å². The molecule has 72 valence electrons. The van der Waals surface area contributed by atoms with E-state index in [1.54, 1.807) is 0 Å². The van der Waals surface area contributed by atoms with Crippen LogP contribution in [0.15, 0.2) is 12.5 Å². The molecule has 13 heavy (non-hydrogen) atoms. The molecule has 4 nitrogen and oxygen atoms in total. The van der Waals surface area contributed by atoms with Gasteiger partial charge in [0.2, 0.25) is 0 Å². The van der Waals surface area contributed by atoms with Crippen molar-refractivity contribution in [2.75, 3.05) is 18.6 Å². The molecule has 0 fully saturated rings. The fourth-order valence-electron chi connectivity index (χ4n) is 0.897. The highest BCUT2D eigenvalue weighted by molar-refractivity contribution is 6.32. The van der Waals surface area contributed by atoms with Crippen molar-refractivity contribution < 1.29 is 5.11 Å². The zero-order valence-electron chi connectivity index (χ0n) is 7.61. The van der Waals surface area contributed by atoms with Crippen LogP contribution in [0.25, 0.3) is 0 Å². The largest absolute Gasteiger partial charge is 0.394 e. The summed E-state index contributed by atoms with van der Waals surface area (Å²) in [6, 6.07) is -0.00704. The van der Waals surface area contributed by atoms with Gasteiger partial charge in [-0.15, -0.1) is 0 Å². The summed E-state index contributed by atoms with van der Waals surface area (Å²) in [6.07, 6.45) is 2.96. The molecule has 0 unspecified atom stereocenters. The minimum absolute atomic E-state index is 0.00704. The van der Waals surface area contributed by atoms with E-state index in [2.05, 4.69) is 9.97 Å². The van der Waals surface area contributed by atoms with Gasteiger partial charge in [0.25, 0.3) is 0 Å². The number of aliphatic hydroxyl groups excluding tert-OH is 1. The average Bonchev–Trinajstić information content (AvgIpc) is 2.16. The normalized spacial score (nSPS) is 12.6. The van der Waals surface area contributed by atoms with Crippen molar-refractivity contribution in [2.24, 2.45) is 0 Å². The highest BCUT2D eigenvalue weighted by atomic mass is 35.5. The first-order valence-corrected chi connectivity index (χ1v) is 4.33. The Bertz CT molecular complexity index is 282. The minimum Gasteiger partial charge on any atom is -0.394 e. The lowest BCUT2D eigenvalue weighted by atomic mass is 10.3. The first-order valence-electron chi connectivity index (χ1n) is 3.96. The van der Waals surface area contributed by atoms with Crippen LogP contribution in [0.1, 0.15) is 6.92 Å². The zero-order chi connectivity index (χ0) is 9.84. The van der Waals surface area contributed by atoms with Crippen molar-refractivity contribution in [3.8, 4) is 0 Å². The van der Waals surface area contributed by atoms with Gasteiger partial charge >= 0.3 is 0 Å². The second-order valence-corrected chi connectivity index (χ2v) is 3.24. The maximum atomic E-state index is 8.93. The number of aromatic nitrogens is 2. The Hall–Kier alpha value is -0.870. The molecule has 0 bridgehead atoms. The SMILES string of the molecule is C[C@@H](CO)N(C)c1ncncc1Cl. The standard InChI is InChI=1S/C8H12ClN3O/c1-6(4-13)12(2)8-7(9)3-10-5-11-8/h3,5-6,13H,4H2,1-2H3/t6-/m0/s1. The van der Waals surface area contributed by atoms with E-state index in [0.717, 1.165) is 0 Å². The maximum absolute atomic E-state index is 8.93. The van der Waals surface area contributed by atoms with Crippen LogP contribution in [0.5, 0.6) is 0 Å². The number of likely N-dealkylation sites (N-methyl/N-ethyl adjacent to an activating group) is 1. The lowest BCUT2D eigenvalue weighted by molar-refractivity contribution is 0.270. The Morgan fingerprint density at radius 2 is 2.38 bits per heavy atom. The number of hydrogen-bond acceptors (Lipinski definition) is 4. The highest BCUT2D eigenvalue weighted by Gasteiger charge is 2.12. The Labute approximate surface area is 82.2 Å². The van der Waals surface area contributed by atoms with Crippen LogP contribution in [0.4, 0.5) is 5.82 Å². The average molecular weight is 202 g/mol. The monoisotopic (exact) mass is 201 g/mol. The van der Waals surface area contributed by atoms with Crippen LogP contribution in [-0.2, 0) is 0 Å². The molecule has 0 saturated carbocycles. The number of hydrogen-bond donors (Lipinski definition) is 1. The molecular weight excluding hydrogens is 190 g/mol. The van der Waals surface area contributed by atoms with Crippen LogP contribution < -0.4 is 4.90 Å². The van der Waals surface area contributed by atoms with Crippen molar-refractivity contribution >= 4 is 17.4 Å². The summed E-state index contributed by atoms with van der Waals surface area (Å²) in [5.41, 5.74) is 0. The Morgan fingerprint density at radius 1 is 1.69 bits per heavy atom. The van der Waals surface area contributed by atoms with Crippen LogP contribution >= 0.6 is 11.6 Å². The summed E-state index contributed by atoms with van der Waals surface area (Å²) >= 11 is 5.87. The molecular formula is C8H12ClN3O. The molecule has 1 N–H and O–H groups in total. The molecule has 0 aliphatic heterocycles. The second-order valence-electron chi connectivity index (χ2n) is 2.84. The molecule has 1 aromatic heterocycles. The summed E-state index contributed by atoms with van der Waals surface area (Å²) in [5.74, 6) is 0.637.